The molecule has 0 aromatic carbocycles. The summed E-state index contributed by atoms with van der Waals surface area (Å²) < 4.78 is 78.9. The van der Waals surface area contributed by atoms with Crippen molar-refractivity contribution >= 4 is 32.6 Å². The Kier molecular flexibility index (Phi) is 6.91. The summed E-state index contributed by atoms with van der Waals surface area (Å²) >= 11 is 5.34. The minimum absolute atomic E-state index is 0.0767. The van der Waals surface area contributed by atoms with Crippen LogP contribution in [0.4, 0.5) is 17.6 Å². The fraction of sp³-hybridized carbons (Fsp3) is 0.300. The fourth-order valence-corrected chi connectivity index (χ4v) is 3.92. The van der Waals surface area contributed by atoms with Crippen LogP contribution in [0.1, 0.15) is 22.5 Å². The minimum atomic E-state index is -4.64. The molecule has 0 atom stereocenters. The van der Waals surface area contributed by atoms with Crippen LogP contribution in [0.3, 0.4) is 0 Å². The van der Waals surface area contributed by atoms with Crippen LogP contribution in [0.15, 0.2) is 47.4 Å². The SMILES string of the molecule is Cc1c(Cc2ccc(S(C)(=O)=O)nc2)c2nc(C(F)(F)F)ccc2n1C/C(F)=C/CNCl. The third kappa shape index (κ3) is 5.28. The monoisotopic (exact) mass is 490 g/mol. The van der Waals surface area contributed by atoms with Gasteiger partial charge >= 0.3 is 6.18 Å². The van der Waals surface area contributed by atoms with Gasteiger partial charge in [0.15, 0.2) is 14.9 Å². The zero-order valence-electron chi connectivity index (χ0n) is 17.0. The first-order chi connectivity index (χ1) is 14.9. The van der Waals surface area contributed by atoms with Crippen LogP contribution in [0.5, 0.6) is 0 Å². The van der Waals surface area contributed by atoms with E-state index in [1.165, 1.54) is 35.0 Å². The third-order valence-corrected chi connectivity index (χ3v) is 6.01. The predicted octanol–water partition coefficient (Wildman–Crippen LogP) is 4.35. The molecule has 0 bridgehead atoms. The highest BCUT2D eigenvalue weighted by atomic mass is 35.5. The molecule has 3 aromatic rings. The summed E-state index contributed by atoms with van der Waals surface area (Å²) in [6.07, 6.45) is -0.910. The molecule has 0 saturated heterocycles. The Morgan fingerprint density at radius 1 is 1.25 bits per heavy atom. The van der Waals surface area contributed by atoms with Gasteiger partial charge in [-0.3, -0.25) is 0 Å². The molecule has 6 nitrogen and oxygen atoms in total. The fourth-order valence-electron chi connectivity index (χ4n) is 3.28. The molecule has 0 aliphatic heterocycles. The normalized spacial score (nSPS) is 13.2. The number of nitrogens with zero attached hydrogens (tertiary/aromatic N) is 3. The van der Waals surface area contributed by atoms with Crippen LogP contribution in [-0.2, 0) is 29.0 Å². The molecular formula is C20H19ClF4N4O2S. The predicted molar refractivity (Wildman–Crippen MR) is 113 cm³/mol. The van der Waals surface area contributed by atoms with Gasteiger partial charge in [0, 0.05) is 36.7 Å². The summed E-state index contributed by atoms with van der Waals surface area (Å²) in [5, 5.41) is -0.113. The number of sulfone groups is 1. The van der Waals surface area contributed by atoms with Crippen molar-refractivity contribution in [2.75, 3.05) is 12.8 Å². The summed E-state index contributed by atoms with van der Waals surface area (Å²) in [7, 11) is -3.49. The molecule has 3 heterocycles. The lowest BCUT2D eigenvalue weighted by atomic mass is 10.1. The quantitative estimate of drug-likeness (QED) is 0.393. The molecule has 172 valence electrons. The molecule has 0 amide bonds. The van der Waals surface area contributed by atoms with E-state index in [-0.39, 0.29) is 30.1 Å². The number of fused-ring (bicyclic) bond motifs is 1. The first kappa shape index (κ1) is 24.1. The van der Waals surface area contributed by atoms with E-state index in [0.29, 0.717) is 22.3 Å². The molecular weight excluding hydrogens is 472 g/mol. The summed E-state index contributed by atoms with van der Waals surface area (Å²) in [6.45, 7) is 1.53. The van der Waals surface area contributed by atoms with Crippen molar-refractivity contribution in [2.45, 2.75) is 31.1 Å². The second-order valence-corrected chi connectivity index (χ2v) is 9.38. The molecule has 32 heavy (non-hydrogen) atoms. The molecule has 3 rings (SSSR count). The van der Waals surface area contributed by atoms with Gasteiger partial charge in [0.05, 0.1) is 17.6 Å². The third-order valence-electron chi connectivity index (χ3n) is 4.85. The van der Waals surface area contributed by atoms with Crippen LogP contribution < -0.4 is 4.84 Å². The van der Waals surface area contributed by atoms with Crippen LogP contribution in [0.2, 0.25) is 0 Å². The van der Waals surface area contributed by atoms with Crippen molar-refractivity contribution in [1.29, 1.82) is 0 Å². The van der Waals surface area contributed by atoms with Crippen molar-refractivity contribution in [2.24, 2.45) is 0 Å². The van der Waals surface area contributed by atoms with E-state index in [1.54, 1.807) is 6.92 Å². The number of nitrogens with one attached hydrogen (secondary N) is 1. The highest BCUT2D eigenvalue weighted by Crippen LogP contribution is 2.33. The minimum Gasteiger partial charge on any atom is -0.336 e. The Labute approximate surface area is 187 Å². The van der Waals surface area contributed by atoms with Crippen molar-refractivity contribution in [3.05, 3.63) is 64.9 Å². The Morgan fingerprint density at radius 2 is 1.97 bits per heavy atom. The highest BCUT2D eigenvalue weighted by Gasteiger charge is 2.33. The molecule has 1 N–H and O–H groups in total. The number of halogens is 5. The molecule has 3 aromatic heterocycles. The van der Waals surface area contributed by atoms with Crippen LogP contribution in [-0.4, -0.2) is 35.8 Å². The molecule has 0 radical (unpaired) electrons. The Balaban J connectivity index is 2.11. The lowest BCUT2D eigenvalue weighted by Crippen LogP contribution is -2.08. The maximum Gasteiger partial charge on any atom is 0.433 e. The van der Waals surface area contributed by atoms with Crippen molar-refractivity contribution in [3.8, 4) is 0 Å². The molecule has 0 fully saturated rings. The summed E-state index contributed by atoms with van der Waals surface area (Å²) in [4.78, 5) is 10.0. The number of rotatable bonds is 7. The summed E-state index contributed by atoms with van der Waals surface area (Å²) in [6, 6.07) is 4.98. The van der Waals surface area contributed by atoms with Gasteiger partial charge in [-0.1, -0.05) is 6.07 Å². The zero-order chi connectivity index (χ0) is 23.7. The first-order valence-electron chi connectivity index (χ1n) is 9.30. The van der Waals surface area contributed by atoms with E-state index in [2.05, 4.69) is 14.8 Å². The van der Waals surface area contributed by atoms with Gasteiger partial charge in [0.25, 0.3) is 0 Å². The molecule has 0 unspecified atom stereocenters. The second-order valence-electron chi connectivity index (χ2n) is 7.15. The van der Waals surface area contributed by atoms with E-state index in [4.69, 9.17) is 11.8 Å². The van der Waals surface area contributed by atoms with Crippen molar-refractivity contribution in [1.82, 2.24) is 19.4 Å². The topological polar surface area (TPSA) is 76.9 Å². The van der Waals surface area contributed by atoms with Gasteiger partial charge in [-0.05, 0) is 48.5 Å². The summed E-state index contributed by atoms with van der Waals surface area (Å²) in [5.74, 6) is -0.524. The average Bonchev–Trinajstić information content (AvgIpc) is 2.96. The Hall–Kier alpha value is -2.50. The molecule has 0 spiro atoms. The van der Waals surface area contributed by atoms with Gasteiger partial charge < -0.3 is 4.57 Å². The first-order valence-corrected chi connectivity index (χ1v) is 11.6. The number of hydrogen-bond donors (Lipinski definition) is 1. The van der Waals surface area contributed by atoms with Gasteiger partial charge in [0.2, 0.25) is 0 Å². The molecule has 0 saturated carbocycles. The lowest BCUT2D eigenvalue weighted by molar-refractivity contribution is -0.140. The van der Waals surface area contributed by atoms with Gasteiger partial charge in [-0.25, -0.2) is 27.6 Å². The number of aromatic nitrogens is 3. The van der Waals surface area contributed by atoms with E-state index in [9.17, 15) is 26.0 Å². The maximum atomic E-state index is 14.3. The molecule has 0 aliphatic carbocycles. The van der Waals surface area contributed by atoms with Crippen molar-refractivity contribution in [3.63, 3.8) is 0 Å². The van der Waals surface area contributed by atoms with Gasteiger partial charge in [-0.15, -0.1) is 0 Å². The lowest BCUT2D eigenvalue weighted by Gasteiger charge is -2.08. The molecule has 12 heteroatoms. The summed E-state index contributed by atoms with van der Waals surface area (Å²) in [5.41, 5.74) is 0.934. The van der Waals surface area contributed by atoms with Crippen LogP contribution in [0.25, 0.3) is 11.0 Å². The largest absolute Gasteiger partial charge is 0.433 e. The zero-order valence-corrected chi connectivity index (χ0v) is 18.6. The van der Waals surface area contributed by atoms with E-state index in [0.717, 1.165) is 12.3 Å². The second kappa shape index (κ2) is 9.16. The number of hydrogen-bond acceptors (Lipinski definition) is 5. The van der Waals surface area contributed by atoms with E-state index in [1.807, 2.05) is 0 Å². The highest BCUT2D eigenvalue weighted by molar-refractivity contribution is 7.90. The Bertz CT molecular complexity index is 1270. The number of allylic oxidation sites excluding steroid dienone is 1. The number of alkyl halides is 3. The van der Waals surface area contributed by atoms with Gasteiger partial charge in [0.1, 0.15) is 11.5 Å². The van der Waals surface area contributed by atoms with E-state index < -0.39 is 27.5 Å². The average molecular weight is 491 g/mol. The van der Waals surface area contributed by atoms with Crippen LogP contribution in [0, 0.1) is 6.92 Å². The van der Waals surface area contributed by atoms with E-state index >= 15 is 0 Å². The smallest absolute Gasteiger partial charge is 0.336 e. The number of pyridine rings is 2. The van der Waals surface area contributed by atoms with Gasteiger partial charge in [-0.2, -0.15) is 13.2 Å². The van der Waals surface area contributed by atoms with Crippen LogP contribution >= 0.6 is 11.8 Å². The maximum absolute atomic E-state index is 14.3. The standard InChI is InChI=1S/C20H19ClF4N4O2S/c1-12-15(9-13-3-6-18(26-10-13)32(2,30)31)19-16(4-5-17(28-19)20(23,24)25)29(12)11-14(22)7-8-27-21/h3-7,10,27H,8-9,11H2,1-2H3/b14-7-. The Morgan fingerprint density at radius 3 is 2.53 bits per heavy atom. The molecule has 0 aliphatic rings. The van der Waals surface area contributed by atoms with Crippen molar-refractivity contribution < 1.29 is 26.0 Å².